The van der Waals surface area contributed by atoms with Crippen LogP contribution in [0.25, 0.3) is 0 Å². The van der Waals surface area contributed by atoms with Gasteiger partial charge in [0.25, 0.3) is 0 Å². The van der Waals surface area contributed by atoms with Crippen molar-refractivity contribution in [3.8, 4) is 0 Å². The molecule has 150 valence electrons. The molecule has 2 aromatic carbocycles. The van der Waals surface area contributed by atoms with Crippen molar-refractivity contribution in [2.24, 2.45) is 0 Å². The van der Waals surface area contributed by atoms with Gasteiger partial charge in [0, 0.05) is 6.04 Å². The van der Waals surface area contributed by atoms with Gasteiger partial charge in [0.2, 0.25) is 10.0 Å². The third kappa shape index (κ3) is 3.44. The highest BCUT2D eigenvalue weighted by Gasteiger charge is 2.55. The molecule has 3 atom stereocenters. The summed E-state index contributed by atoms with van der Waals surface area (Å²) >= 11 is 0. The molecule has 8 heteroatoms. The lowest BCUT2D eigenvalue weighted by molar-refractivity contribution is -0.137. The molecular weight excluding hydrogens is 391 g/mol. The van der Waals surface area contributed by atoms with Gasteiger partial charge in [-0.25, -0.2) is 8.42 Å². The Bertz CT molecular complexity index is 1030. The predicted octanol–water partition coefficient (Wildman–Crippen LogP) is 3.25. The molecule has 0 saturated carbocycles. The molecule has 1 aliphatic carbocycles. The van der Waals surface area contributed by atoms with Gasteiger partial charge < -0.3 is 5.11 Å². The van der Waals surface area contributed by atoms with E-state index in [1.807, 2.05) is 18.2 Å². The molecular formula is C20H20F3NO3S. The fraction of sp³-hybridized carbons (Fsp3) is 0.400. The molecule has 0 aromatic heterocycles. The van der Waals surface area contributed by atoms with E-state index in [1.165, 1.54) is 4.31 Å². The summed E-state index contributed by atoms with van der Waals surface area (Å²) in [5, 5.41) is 8.84. The lowest BCUT2D eigenvalue weighted by Crippen LogP contribution is -2.20. The largest absolute Gasteiger partial charge is 0.416 e. The van der Waals surface area contributed by atoms with Crippen LogP contribution in [0.15, 0.2) is 36.4 Å². The number of sulfonamides is 1. The SMILES string of the molecule is CC1N([C@H]2Cc3ccc(Cc4cc(CO)cc(C(F)(F)F)c4)cc3C2)S1(=O)=O. The Balaban J connectivity index is 1.56. The van der Waals surface area contributed by atoms with Gasteiger partial charge in [0.15, 0.2) is 0 Å². The fourth-order valence-corrected chi connectivity index (χ4v) is 5.71. The van der Waals surface area contributed by atoms with Crippen molar-refractivity contribution in [1.29, 1.82) is 0 Å². The molecule has 1 N–H and O–H groups in total. The van der Waals surface area contributed by atoms with E-state index in [1.54, 1.807) is 13.0 Å². The molecule has 0 amide bonds. The Morgan fingerprint density at radius 1 is 1.04 bits per heavy atom. The first kappa shape index (κ1) is 19.4. The van der Waals surface area contributed by atoms with Crippen LogP contribution in [0.5, 0.6) is 0 Å². The first-order valence-corrected chi connectivity index (χ1v) is 10.5. The number of alkyl halides is 3. The van der Waals surface area contributed by atoms with Gasteiger partial charge in [0.1, 0.15) is 5.37 Å². The third-order valence-corrected chi connectivity index (χ3v) is 7.63. The maximum Gasteiger partial charge on any atom is 0.416 e. The van der Waals surface area contributed by atoms with Crippen molar-refractivity contribution in [3.63, 3.8) is 0 Å². The predicted molar refractivity (Wildman–Crippen MR) is 98.0 cm³/mol. The highest BCUT2D eigenvalue weighted by atomic mass is 32.2. The van der Waals surface area contributed by atoms with Crippen LogP contribution in [0.3, 0.4) is 0 Å². The molecule has 1 saturated heterocycles. The van der Waals surface area contributed by atoms with Crippen molar-refractivity contribution < 1.29 is 26.7 Å². The highest BCUT2D eigenvalue weighted by Crippen LogP contribution is 2.39. The van der Waals surface area contributed by atoms with E-state index in [-0.39, 0.29) is 11.6 Å². The third-order valence-electron chi connectivity index (χ3n) is 5.55. The summed E-state index contributed by atoms with van der Waals surface area (Å²) in [6.07, 6.45) is -2.87. The first-order chi connectivity index (χ1) is 13.1. The average molecular weight is 411 g/mol. The number of rotatable bonds is 4. The molecule has 2 unspecified atom stereocenters. The van der Waals surface area contributed by atoms with E-state index in [2.05, 4.69) is 0 Å². The number of hydrogen-bond acceptors (Lipinski definition) is 3. The molecule has 0 bridgehead atoms. The molecule has 0 spiro atoms. The number of aliphatic hydroxyl groups excluding tert-OH is 1. The van der Waals surface area contributed by atoms with Crippen LogP contribution >= 0.6 is 0 Å². The van der Waals surface area contributed by atoms with E-state index in [0.717, 1.165) is 28.8 Å². The molecule has 2 aliphatic rings. The zero-order valence-corrected chi connectivity index (χ0v) is 16.0. The van der Waals surface area contributed by atoms with Crippen LogP contribution in [-0.4, -0.2) is 29.2 Å². The summed E-state index contributed by atoms with van der Waals surface area (Å²) in [5.41, 5.74) is 2.94. The highest BCUT2D eigenvalue weighted by molar-refractivity contribution is 7.95. The van der Waals surface area contributed by atoms with Gasteiger partial charge in [0.05, 0.1) is 12.2 Å². The summed E-state index contributed by atoms with van der Waals surface area (Å²) in [7, 11) is -3.12. The van der Waals surface area contributed by atoms with Crippen LogP contribution in [0.1, 0.15) is 40.3 Å². The van der Waals surface area contributed by atoms with Gasteiger partial charge in [-0.15, -0.1) is 0 Å². The number of halogens is 3. The smallest absolute Gasteiger partial charge is 0.392 e. The van der Waals surface area contributed by atoms with Crippen LogP contribution in [0.4, 0.5) is 13.2 Å². The minimum absolute atomic E-state index is 0.0696. The van der Waals surface area contributed by atoms with E-state index in [4.69, 9.17) is 0 Å². The maximum absolute atomic E-state index is 13.1. The van der Waals surface area contributed by atoms with E-state index >= 15 is 0 Å². The summed E-state index contributed by atoms with van der Waals surface area (Å²) in [6.45, 7) is 1.22. The molecule has 0 radical (unpaired) electrons. The molecule has 28 heavy (non-hydrogen) atoms. The number of benzene rings is 2. The average Bonchev–Trinajstić information content (AvgIpc) is 2.94. The molecule has 2 aromatic rings. The van der Waals surface area contributed by atoms with E-state index in [9.17, 15) is 26.7 Å². The molecule has 4 nitrogen and oxygen atoms in total. The number of fused-ring (bicyclic) bond motifs is 1. The van der Waals surface area contributed by atoms with Gasteiger partial charge in [-0.2, -0.15) is 17.5 Å². The Kier molecular flexibility index (Phi) is 4.56. The normalized spacial score (nSPS) is 25.5. The second-order valence-corrected chi connectivity index (χ2v) is 9.64. The second kappa shape index (κ2) is 6.57. The minimum Gasteiger partial charge on any atom is -0.392 e. The lowest BCUT2D eigenvalue weighted by Gasteiger charge is -2.12. The zero-order chi connectivity index (χ0) is 20.3. The van der Waals surface area contributed by atoms with Crippen LogP contribution in [0, 0.1) is 0 Å². The van der Waals surface area contributed by atoms with Gasteiger partial charge >= 0.3 is 6.18 Å². The van der Waals surface area contributed by atoms with Crippen molar-refractivity contribution >= 4 is 10.0 Å². The molecule has 1 fully saturated rings. The standard InChI is InChI=1S/C20H20F3NO3S/c1-12-24(28(12,26)27)19-9-16-3-2-13(6-17(16)10-19)4-14-5-15(11-25)8-18(7-14)20(21,22)23/h2-3,5-8,12,19,25H,4,9-11H2,1H3/t12?,19-,24?/m0/s1. The quantitative estimate of drug-likeness (QED) is 0.786. The Labute approximate surface area is 161 Å². The summed E-state index contributed by atoms with van der Waals surface area (Å²) in [4.78, 5) is 0. The molecule has 4 rings (SSSR count). The Hall–Kier alpha value is -1.90. The van der Waals surface area contributed by atoms with E-state index in [0.29, 0.717) is 24.8 Å². The fourth-order valence-electron chi connectivity index (χ4n) is 4.12. The molecule has 1 aliphatic heterocycles. The zero-order valence-electron chi connectivity index (χ0n) is 15.2. The first-order valence-electron chi connectivity index (χ1n) is 9.03. The van der Waals surface area contributed by atoms with Crippen LogP contribution in [0.2, 0.25) is 0 Å². The van der Waals surface area contributed by atoms with E-state index < -0.39 is 33.7 Å². The molecule has 1 heterocycles. The van der Waals surface area contributed by atoms with Gasteiger partial charge in [-0.1, -0.05) is 24.3 Å². The number of aliphatic hydroxyl groups is 1. The van der Waals surface area contributed by atoms with Crippen molar-refractivity contribution in [3.05, 3.63) is 69.8 Å². The van der Waals surface area contributed by atoms with Crippen LogP contribution < -0.4 is 0 Å². The topological polar surface area (TPSA) is 57.4 Å². The maximum atomic E-state index is 13.1. The Morgan fingerprint density at radius 3 is 2.29 bits per heavy atom. The minimum atomic E-state index is -4.47. The Morgan fingerprint density at radius 2 is 1.68 bits per heavy atom. The summed E-state index contributed by atoms with van der Waals surface area (Å²) in [5.74, 6) is 0. The van der Waals surface area contributed by atoms with Crippen molar-refractivity contribution in [2.45, 2.75) is 50.4 Å². The summed E-state index contributed by atoms with van der Waals surface area (Å²) < 4.78 is 64.5. The van der Waals surface area contributed by atoms with Crippen molar-refractivity contribution in [2.75, 3.05) is 0 Å². The van der Waals surface area contributed by atoms with Crippen LogP contribution in [-0.2, 0) is 42.1 Å². The van der Waals surface area contributed by atoms with Gasteiger partial charge in [-0.05, 0) is 66.1 Å². The summed E-state index contributed by atoms with van der Waals surface area (Å²) in [6, 6.07) is 9.35. The number of hydrogen-bond donors (Lipinski definition) is 1. The number of nitrogens with zero attached hydrogens (tertiary/aromatic N) is 1. The second-order valence-electron chi connectivity index (χ2n) is 7.51. The van der Waals surface area contributed by atoms with Gasteiger partial charge in [-0.3, -0.25) is 0 Å². The monoisotopic (exact) mass is 411 g/mol. The van der Waals surface area contributed by atoms with Crippen molar-refractivity contribution in [1.82, 2.24) is 4.31 Å². The lowest BCUT2D eigenvalue weighted by atomic mass is 9.97.